The molecule has 0 radical (unpaired) electrons. The highest BCUT2D eigenvalue weighted by Gasteiger charge is 2.39. The zero-order valence-electron chi connectivity index (χ0n) is 18.6. The van der Waals surface area contributed by atoms with E-state index in [-0.39, 0.29) is 23.4 Å². The number of hydrogen-bond acceptors (Lipinski definition) is 7. The van der Waals surface area contributed by atoms with E-state index in [2.05, 4.69) is 20.4 Å². The number of rotatable bonds is 5. The van der Waals surface area contributed by atoms with Gasteiger partial charge in [0.2, 0.25) is 5.91 Å². The number of carbonyl (C=O) groups excluding carboxylic acids is 2. The summed E-state index contributed by atoms with van der Waals surface area (Å²) in [7, 11) is 1.78. The fourth-order valence-electron chi connectivity index (χ4n) is 4.61. The number of pyridine rings is 1. The van der Waals surface area contributed by atoms with Gasteiger partial charge in [0.25, 0.3) is 5.91 Å². The first-order valence-electron chi connectivity index (χ1n) is 11.1. The van der Waals surface area contributed by atoms with Crippen LogP contribution < -0.4 is 0 Å². The molecule has 0 spiro atoms. The predicted molar refractivity (Wildman–Crippen MR) is 118 cm³/mol. The Labute approximate surface area is 194 Å². The van der Waals surface area contributed by atoms with Crippen LogP contribution in [-0.4, -0.2) is 88.1 Å². The van der Waals surface area contributed by atoms with Gasteiger partial charge in [-0.1, -0.05) is 5.21 Å². The highest BCUT2D eigenvalue weighted by molar-refractivity contribution is 5.93. The van der Waals surface area contributed by atoms with E-state index in [1.54, 1.807) is 41.1 Å². The molecular formula is C22H24N8O4. The maximum Gasteiger partial charge on any atom is 0.337 e. The molecule has 3 aromatic heterocycles. The van der Waals surface area contributed by atoms with Crippen LogP contribution in [0.2, 0.25) is 0 Å². The maximum absolute atomic E-state index is 13.2. The van der Waals surface area contributed by atoms with E-state index in [4.69, 9.17) is 5.11 Å². The predicted octanol–water partition coefficient (Wildman–Crippen LogP) is 0.850. The van der Waals surface area contributed by atoms with Gasteiger partial charge < -0.3 is 14.9 Å². The van der Waals surface area contributed by atoms with E-state index in [0.29, 0.717) is 43.0 Å². The molecule has 0 bridgehead atoms. The fourth-order valence-corrected chi connectivity index (χ4v) is 4.61. The molecule has 2 aliphatic rings. The second-order valence-electron chi connectivity index (χ2n) is 8.58. The summed E-state index contributed by atoms with van der Waals surface area (Å²) in [6.07, 6.45) is 8.31. The fraction of sp³-hybridized carbons (Fsp3) is 0.409. The summed E-state index contributed by atoms with van der Waals surface area (Å²) in [5.41, 5.74) is 1.63. The average molecular weight is 464 g/mol. The summed E-state index contributed by atoms with van der Waals surface area (Å²) in [5.74, 6) is -1.08. The summed E-state index contributed by atoms with van der Waals surface area (Å²) in [5, 5.41) is 21.3. The van der Waals surface area contributed by atoms with Gasteiger partial charge in [-0.15, -0.1) is 5.10 Å². The normalized spacial score (nSPS) is 19.1. The minimum atomic E-state index is -1.05. The van der Waals surface area contributed by atoms with E-state index in [0.717, 1.165) is 12.8 Å². The molecule has 0 aromatic carbocycles. The van der Waals surface area contributed by atoms with Crippen LogP contribution in [-0.2, 0) is 11.8 Å². The summed E-state index contributed by atoms with van der Waals surface area (Å²) in [6, 6.07) is 2.68. The zero-order valence-corrected chi connectivity index (χ0v) is 18.6. The molecule has 5 heterocycles. The highest BCUT2D eigenvalue weighted by atomic mass is 16.4. The third-order valence-electron chi connectivity index (χ3n) is 6.46. The lowest BCUT2D eigenvalue weighted by molar-refractivity contribution is -0.133. The van der Waals surface area contributed by atoms with Gasteiger partial charge in [-0.05, 0) is 31.4 Å². The average Bonchev–Trinajstić information content (AvgIpc) is 3.59. The van der Waals surface area contributed by atoms with Crippen molar-refractivity contribution in [2.45, 2.75) is 31.3 Å². The molecule has 1 N–H and O–H groups in total. The van der Waals surface area contributed by atoms with Crippen molar-refractivity contribution in [3.63, 3.8) is 0 Å². The topological polar surface area (TPSA) is 139 Å². The van der Waals surface area contributed by atoms with Crippen LogP contribution in [0.3, 0.4) is 0 Å². The van der Waals surface area contributed by atoms with Gasteiger partial charge in [0.05, 0.1) is 29.2 Å². The van der Waals surface area contributed by atoms with Crippen molar-refractivity contribution in [1.29, 1.82) is 0 Å². The molecule has 12 heteroatoms. The maximum atomic E-state index is 13.2. The Balaban J connectivity index is 1.21. The third kappa shape index (κ3) is 4.02. The summed E-state index contributed by atoms with van der Waals surface area (Å²) >= 11 is 0. The molecule has 0 aliphatic carbocycles. The van der Waals surface area contributed by atoms with Crippen LogP contribution in [0.15, 0.2) is 36.9 Å². The molecule has 2 aliphatic heterocycles. The van der Waals surface area contributed by atoms with Gasteiger partial charge in [-0.3, -0.25) is 19.3 Å². The number of aromatic nitrogens is 6. The Morgan fingerprint density at radius 1 is 1.00 bits per heavy atom. The Morgan fingerprint density at radius 2 is 1.79 bits per heavy atom. The molecule has 12 nitrogen and oxygen atoms in total. The van der Waals surface area contributed by atoms with Crippen molar-refractivity contribution < 1.29 is 19.5 Å². The number of carboxylic acids is 1. The van der Waals surface area contributed by atoms with Gasteiger partial charge in [-0.2, -0.15) is 5.10 Å². The molecule has 5 rings (SSSR count). The highest BCUT2D eigenvalue weighted by Crippen LogP contribution is 2.29. The summed E-state index contributed by atoms with van der Waals surface area (Å²) < 4.78 is 3.17. The van der Waals surface area contributed by atoms with Crippen molar-refractivity contribution in [2.75, 3.05) is 19.6 Å². The Bertz CT molecular complexity index is 1230. The van der Waals surface area contributed by atoms with E-state index in [1.807, 2.05) is 9.80 Å². The van der Waals surface area contributed by atoms with Crippen molar-refractivity contribution in [1.82, 2.24) is 39.6 Å². The number of nitrogens with zero attached hydrogens (tertiary/aromatic N) is 8. The number of piperidine rings is 1. The van der Waals surface area contributed by atoms with Gasteiger partial charge >= 0.3 is 5.97 Å². The quantitative estimate of drug-likeness (QED) is 0.586. The van der Waals surface area contributed by atoms with Crippen molar-refractivity contribution in [3.05, 3.63) is 48.0 Å². The van der Waals surface area contributed by atoms with Gasteiger partial charge in [0.1, 0.15) is 11.7 Å². The van der Waals surface area contributed by atoms with Crippen LogP contribution in [0.4, 0.5) is 0 Å². The van der Waals surface area contributed by atoms with Crippen LogP contribution in [0, 0.1) is 0 Å². The molecule has 1 unspecified atom stereocenters. The summed E-state index contributed by atoms with van der Waals surface area (Å²) in [6.45, 7) is 1.82. The minimum absolute atomic E-state index is 0.00247. The lowest BCUT2D eigenvalue weighted by atomic mass is 10.0. The molecule has 176 valence electrons. The van der Waals surface area contributed by atoms with E-state index >= 15 is 0 Å². The smallest absolute Gasteiger partial charge is 0.337 e. The monoisotopic (exact) mass is 464 g/mol. The number of likely N-dealkylation sites (tertiary alicyclic amines) is 2. The van der Waals surface area contributed by atoms with Crippen molar-refractivity contribution in [2.24, 2.45) is 7.05 Å². The lowest BCUT2D eigenvalue weighted by Crippen LogP contribution is -2.47. The molecule has 34 heavy (non-hydrogen) atoms. The number of aromatic carboxylic acids is 1. The van der Waals surface area contributed by atoms with E-state index < -0.39 is 12.0 Å². The number of hydrogen-bond donors (Lipinski definition) is 1. The van der Waals surface area contributed by atoms with Gasteiger partial charge in [0.15, 0.2) is 0 Å². The van der Waals surface area contributed by atoms with Crippen LogP contribution in [0.5, 0.6) is 0 Å². The largest absolute Gasteiger partial charge is 0.478 e. The summed E-state index contributed by atoms with van der Waals surface area (Å²) in [4.78, 5) is 44.7. The molecule has 1 atom stereocenters. The standard InChI is InChI=1S/C22H24N8O4/c1-27-12-15(11-24-27)20(31)28-7-4-16(5-8-28)29-9-6-19(21(29)32)30-13-18(25-26-30)17-3-2-14(10-23-17)22(33)34/h2-3,10-13,16,19H,4-9H2,1H3,(H,33,34). The van der Waals surface area contributed by atoms with Crippen LogP contribution in [0.25, 0.3) is 11.4 Å². The first kappa shape index (κ1) is 21.7. The second-order valence-corrected chi connectivity index (χ2v) is 8.58. The van der Waals surface area contributed by atoms with Crippen LogP contribution in [0.1, 0.15) is 46.0 Å². The van der Waals surface area contributed by atoms with Crippen molar-refractivity contribution in [3.8, 4) is 11.4 Å². The molecule has 2 fully saturated rings. The molecule has 2 amide bonds. The minimum Gasteiger partial charge on any atom is -0.478 e. The van der Waals surface area contributed by atoms with Gasteiger partial charge in [0, 0.05) is 45.1 Å². The van der Waals surface area contributed by atoms with E-state index in [9.17, 15) is 14.4 Å². The Morgan fingerprint density at radius 3 is 2.44 bits per heavy atom. The van der Waals surface area contributed by atoms with Gasteiger partial charge in [-0.25, -0.2) is 9.48 Å². The lowest BCUT2D eigenvalue weighted by Gasteiger charge is -2.36. The number of aryl methyl sites for hydroxylation is 1. The third-order valence-corrected chi connectivity index (χ3v) is 6.46. The number of amides is 2. The number of carbonyl (C=O) groups is 3. The first-order chi connectivity index (χ1) is 16.4. The Hall–Kier alpha value is -4.09. The first-order valence-corrected chi connectivity index (χ1v) is 11.1. The SMILES string of the molecule is Cn1cc(C(=O)N2CCC(N3CCC(n4cc(-c5ccc(C(=O)O)cn5)nn4)C3=O)CC2)cn1. The molecule has 0 saturated carbocycles. The van der Waals surface area contributed by atoms with Crippen LogP contribution >= 0.6 is 0 Å². The second kappa shape index (κ2) is 8.69. The molecule has 2 saturated heterocycles. The zero-order chi connectivity index (χ0) is 23.8. The molecule has 3 aromatic rings. The Kier molecular flexibility index (Phi) is 5.56. The van der Waals surface area contributed by atoms with Crippen molar-refractivity contribution >= 4 is 17.8 Å². The molecular weight excluding hydrogens is 440 g/mol. The number of carboxylic acid groups (broad SMARTS) is 1. The van der Waals surface area contributed by atoms with E-state index in [1.165, 1.54) is 12.3 Å².